The Hall–Kier alpha value is -3.36. The number of hydrogen-bond acceptors (Lipinski definition) is 6. The molecule has 3 aromatic rings. The zero-order valence-corrected chi connectivity index (χ0v) is 17.6. The van der Waals surface area contributed by atoms with Crippen LogP contribution in [-0.4, -0.2) is 58.8 Å². The molecule has 1 unspecified atom stereocenters. The fraction of sp³-hybridized carbons (Fsp3) is 0.333. The number of fused-ring (bicyclic) bond motifs is 1. The molecule has 166 valence electrons. The van der Waals surface area contributed by atoms with E-state index >= 15 is 0 Å². The third-order valence-electron chi connectivity index (χ3n) is 5.89. The molecule has 2 N–H and O–H groups in total. The standard InChI is InChI=1S/C24H26N4O4/c29-21-16-31-13-10-19(21)26-24(30)23-15-27(20-4-1-2-5-22(20)32-23)14-17-6-8-18(9-7-17)28-12-3-11-25-28/h1-9,11-12,19,21,23,29H,10,13-16H2,(H,26,30)/t19-,21-,23?/m0/s1. The summed E-state index contributed by atoms with van der Waals surface area (Å²) in [4.78, 5) is 15.1. The predicted octanol–water partition coefficient (Wildman–Crippen LogP) is 1.91. The lowest BCUT2D eigenvalue weighted by Crippen LogP contribution is -2.55. The Kier molecular flexibility index (Phi) is 5.79. The van der Waals surface area contributed by atoms with E-state index in [-0.39, 0.29) is 18.6 Å². The van der Waals surface area contributed by atoms with Gasteiger partial charge in [-0.15, -0.1) is 0 Å². The lowest BCUT2D eigenvalue weighted by atomic mass is 10.1. The number of benzene rings is 2. The molecule has 1 amide bonds. The number of nitrogens with one attached hydrogen (secondary N) is 1. The number of aliphatic hydroxyl groups excluding tert-OH is 1. The number of amides is 1. The van der Waals surface area contributed by atoms with Gasteiger partial charge < -0.3 is 24.8 Å². The van der Waals surface area contributed by atoms with Crippen LogP contribution in [0.25, 0.3) is 5.69 Å². The largest absolute Gasteiger partial charge is 0.477 e. The maximum absolute atomic E-state index is 13.0. The SMILES string of the molecule is O=C(N[C@H]1CCOC[C@@H]1O)C1CN(Cc2ccc(-n3cccn3)cc2)c2ccccc2O1. The molecule has 0 radical (unpaired) electrons. The van der Waals surface area contributed by atoms with Crippen LogP contribution in [0, 0.1) is 0 Å². The summed E-state index contributed by atoms with van der Waals surface area (Å²) in [5.74, 6) is 0.462. The summed E-state index contributed by atoms with van der Waals surface area (Å²) in [6, 6.07) is 17.5. The first-order valence-electron chi connectivity index (χ1n) is 10.8. The summed E-state index contributed by atoms with van der Waals surface area (Å²) in [6.45, 7) is 1.82. The van der Waals surface area contributed by atoms with Gasteiger partial charge >= 0.3 is 0 Å². The van der Waals surface area contributed by atoms with Crippen LogP contribution in [0.5, 0.6) is 5.75 Å². The number of nitrogens with zero attached hydrogens (tertiary/aromatic N) is 3. The van der Waals surface area contributed by atoms with E-state index in [4.69, 9.17) is 9.47 Å². The van der Waals surface area contributed by atoms with Gasteiger partial charge in [0.1, 0.15) is 5.75 Å². The molecule has 0 aliphatic carbocycles. The molecule has 1 fully saturated rings. The lowest BCUT2D eigenvalue weighted by molar-refractivity contribution is -0.131. The molecule has 2 aromatic carbocycles. The van der Waals surface area contributed by atoms with Crippen LogP contribution in [0.2, 0.25) is 0 Å². The van der Waals surface area contributed by atoms with Gasteiger partial charge in [-0.05, 0) is 42.3 Å². The molecule has 1 aromatic heterocycles. The van der Waals surface area contributed by atoms with Gasteiger partial charge in [0.2, 0.25) is 0 Å². The van der Waals surface area contributed by atoms with Crippen molar-refractivity contribution in [3.05, 3.63) is 72.6 Å². The van der Waals surface area contributed by atoms with Crippen molar-refractivity contribution in [1.82, 2.24) is 15.1 Å². The molecule has 8 nitrogen and oxygen atoms in total. The number of carbonyl (C=O) groups excluding carboxylic acids is 1. The monoisotopic (exact) mass is 434 g/mol. The van der Waals surface area contributed by atoms with E-state index in [1.807, 2.05) is 53.3 Å². The van der Waals surface area contributed by atoms with Crippen LogP contribution in [0.15, 0.2) is 67.0 Å². The highest BCUT2D eigenvalue weighted by molar-refractivity contribution is 5.83. The Labute approximate surface area is 186 Å². The first kappa shape index (κ1) is 20.5. The number of carbonyl (C=O) groups is 1. The van der Waals surface area contributed by atoms with Crippen LogP contribution in [0.3, 0.4) is 0 Å². The van der Waals surface area contributed by atoms with Crippen molar-refractivity contribution >= 4 is 11.6 Å². The van der Waals surface area contributed by atoms with Gasteiger partial charge in [0, 0.05) is 25.5 Å². The van der Waals surface area contributed by atoms with Gasteiger partial charge in [0.05, 0.1) is 36.7 Å². The number of anilines is 1. The molecule has 0 spiro atoms. The number of aromatic nitrogens is 2. The fourth-order valence-corrected chi connectivity index (χ4v) is 4.16. The third kappa shape index (κ3) is 4.32. The molecule has 5 rings (SSSR count). The van der Waals surface area contributed by atoms with Gasteiger partial charge in [-0.1, -0.05) is 24.3 Å². The first-order chi connectivity index (χ1) is 15.7. The second-order valence-corrected chi connectivity index (χ2v) is 8.12. The number of hydrogen-bond donors (Lipinski definition) is 2. The van der Waals surface area contributed by atoms with Crippen molar-refractivity contribution in [3.63, 3.8) is 0 Å². The van der Waals surface area contributed by atoms with E-state index < -0.39 is 12.2 Å². The second-order valence-electron chi connectivity index (χ2n) is 8.12. The van der Waals surface area contributed by atoms with E-state index in [2.05, 4.69) is 27.4 Å². The number of ether oxygens (including phenoxy) is 2. The Morgan fingerprint density at radius 2 is 2.00 bits per heavy atom. The number of rotatable bonds is 5. The normalized spacial score (nSPS) is 22.7. The van der Waals surface area contributed by atoms with Crippen molar-refractivity contribution in [3.8, 4) is 11.4 Å². The zero-order valence-electron chi connectivity index (χ0n) is 17.6. The van der Waals surface area contributed by atoms with E-state index in [1.54, 1.807) is 6.20 Å². The topological polar surface area (TPSA) is 88.9 Å². The highest BCUT2D eigenvalue weighted by Crippen LogP contribution is 2.34. The van der Waals surface area contributed by atoms with E-state index in [0.29, 0.717) is 31.9 Å². The Morgan fingerprint density at radius 1 is 1.16 bits per heavy atom. The van der Waals surface area contributed by atoms with Crippen LogP contribution in [-0.2, 0) is 16.1 Å². The van der Waals surface area contributed by atoms with Crippen molar-refractivity contribution in [2.24, 2.45) is 0 Å². The second kappa shape index (κ2) is 9.02. The molecule has 1 saturated heterocycles. The predicted molar refractivity (Wildman–Crippen MR) is 119 cm³/mol. The summed E-state index contributed by atoms with van der Waals surface area (Å²) >= 11 is 0. The van der Waals surface area contributed by atoms with E-state index in [0.717, 1.165) is 16.9 Å². The summed E-state index contributed by atoms with van der Waals surface area (Å²) in [6.07, 6.45) is 2.88. The van der Waals surface area contributed by atoms with Crippen LogP contribution < -0.4 is 15.0 Å². The molecular weight excluding hydrogens is 408 g/mol. The Bertz CT molecular complexity index is 1050. The summed E-state index contributed by atoms with van der Waals surface area (Å²) in [5.41, 5.74) is 3.07. The van der Waals surface area contributed by atoms with Crippen LogP contribution in [0.1, 0.15) is 12.0 Å². The quantitative estimate of drug-likeness (QED) is 0.638. The van der Waals surface area contributed by atoms with Crippen molar-refractivity contribution in [2.45, 2.75) is 31.2 Å². The van der Waals surface area contributed by atoms with Crippen LogP contribution in [0.4, 0.5) is 5.69 Å². The molecule has 2 aliphatic heterocycles. The molecule has 0 bridgehead atoms. The smallest absolute Gasteiger partial charge is 0.263 e. The van der Waals surface area contributed by atoms with Gasteiger partial charge in [0.25, 0.3) is 5.91 Å². The summed E-state index contributed by atoms with van der Waals surface area (Å²) < 4.78 is 13.1. The van der Waals surface area contributed by atoms with Gasteiger partial charge in [0.15, 0.2) is 6.10 Å². The van der Waals surface area contributed by atoms with Crippen molar-refractivity contribution in [2.75, 3.05) is 24.7 Å². The molecular formula is C24H26N4O4. The van der Waals surface area contributed by atoms with Crippen molar-refractivity contribution < 1.29 is 19.4 Å². The van der Waals surface area contributed by atoms with Crippen LogP contribution >= 0.6 is 0 Å². The molecule has 8 heteroatoms. The number of para-hydroxylation sites is 2. The maximum atomic E-state index is 13.0. The summed E-state index contributed by atoms with van der Waals surface area (Å²) in [5, 5.41) is 17.3. The Morgan fingerprint density at radius 3 is 2.78 bits per heavy atom. The van der Waals surface area contributed by atoms with Gasteiger partial charge in [-0.2, -0.15) is 5.10 Å². The summed E-state index contributed by atoms with van der Waals surface area (Å²) in [7, 11) is 0. The number of aliphatic hydroxyl groups is 1. The highest BCUT2D eigenvalue weighted by atomic mass is 16.5. The highest BCUT2D eigenvalue weighted by Gasteiger charge is 2.33. The molecule has 3 heterocycles. The Balaban J connectivity index is 1.31. The molecule has 0 saturated carbocycles. The molecule has 2 aliphatic rings. The molecule has 3 atom stereocenters. The average Bonchev–Trinajstić information content (AvgIpc) is 3.36. The fourth-order valence-electron chi connectivity index (χ4n) is 4.16. The maximum Gasteiger partial charge on any atom is 0.263 e. The minimum Gasteiger partial charge on any atom is -0.477 e. The van der Waals surface area contributed by atoms with E-state index in [9.17, 15) is 9.90 Å². The van der Waals surface area contributed by atoms with Gasteiger partial charge in [-0.3, -0.25) is 4.79 Å². The molecule has 32 heavy (non-hydrogen) atoms. The first-order valence-corrected chi connectivity index (χ1v) is 10.8. The third-order valence-corrected chi connectivity index (χ3v) is 5.89. The lowest BCUT2D eigenvalue weighted by Gasteiger charge is -2.37. The average molecular weight is 434 g/mol. The minimum absolute atomic E-state index is 0.218. The van der Waals surface area contributed by atoms with Crippen molar-refractivity contribution in [1.29, 1.82) is 0 Å². The van der Waals surface area contributed by atoms with Gasteiger partial charge in [-0.25, -0.2) is 4.68 Å². The van der Waals surface area contributed by atoms with E-state index in [1.165, 1.54) is 0 Å². The zero-order chi connectivity index (χ0) is 21.9. The minimum atomic E-state index is -0.701.